The van der Waals surface area contributed by atoms with Gasteiger partial charge in [-0.1, -0.05) is 22.0 Å². The lowest BCUT2D eigenvalue weighted by Crippen LogP contribution is -2.23. The van der Waals surface area contributed by atoms with E-state index < -0.39 is 0 Å². The predicted octanol–water partition coefficient (Wildman–Crippen LogP) is 2.79. The van der Waals surface area contributed by atoms with Crippen molar-refractivity contribution in [1.29, 1.82) is 0 Å². The highest BCUT2D eigenvalue weighted by atomic mass is 79.9. The Balaban J connectivity index is 2.61. The van der Waals surface area contributed by atoms with Crippen molar-refractivity contribution >= 4 is 21.6 Å². The van der Waals surface area contributed by atoms with Gasteiger partial charge in [0.1, 0.15) is 0 Å². The Morgan fingerprint density at radius 1 is 1.33 bits per heavy atom. The number of anilines is 1. The number of benzene rings is 1. The molecule has 0 saturated carbocycles. The highest BCUT2D eigenvalue weighted by Gasteiger charge is 2.06. The fourth-order valence-corrected chi connectivity index (χ4v) is 1.62. The van der Waals surface area contributed by atoms with E-state index >= 15 is 0 Å². The van der Waals surface area contributed by atoms with Crippen LogP contribution < -0.4 is 5.32 Å². The van der Waals surface area contributed by atoms with E-state index in [1.165, 1.54) is 5.56 Å². The summed E-state index contributed by atoms with van der Waals surface area (Å²) in [5.41, 5.74) is 2.27. The molecule has 15 heavy (non-hydrogen) atoms. The summed E-state index contributed by atoms with van der Waals surface area (Å²) in [7, 11) is 3.26. The van der Waals surface area contributed by atoms with Crippen molar-refractivity contribution in [2.75, 3.05) is 26.1 Å². The fourth-order valence-electron chi connectivity index (χ4n) is 1.26. The molecule has 1 aromatic carbocycles. The molecule has 0 atom stereocenters. The second-order valence-corrected chi connectivity index (χ2v) is 4.05. The maximum atomic E-state index is 5.09. The average Bonchev–Trinajstić information content (AvgIpc) is 2.25. The third-order valence-corrected chi connectivity index (χ3v) is 3.11. The minimum Gasteiger partial charge on any atom is -0.380 e. The number of methoxy groups -OCH3 is 2. The third-order valence-electron chi connectivity index (χ3n) is 2.25. The first-order valence-electron chi connectivity index (χ1n) is 4.73. The van der Waals surface area contributed by atoms with Gasteiger partial charge in [0.05, 0.1) is 6.54 Å². The smallest absolute Gasteiger partial charge is 0.173 e. The van der Waals surface area contributed by atoms with Crippen LogP contribution in [0.4, 0.5) is 5.69 Å². The van der Waals surface area contributed by atoms with Crippen molar-refractivity contribution in [2.24, 2.45) is 0 Å². The van der Waals surface area contributed by atoms with Crippen LogP contribution in [0.5, 0.6) is 0 Å². The van der Waals surface area contributed by atoms with Gasteiger partial charge in [-0.05, 0) is 24.6 Å². The lowest BCUT2D eigenvalue weighted by atomic mass is 10.2. The molecule has 0 saturated heterocycles. The molecule has 0 aliphatic heterocycles. The molecule has 0 amide bonds. The molecule has 0 aliphatic carbocycles. The molecule has 0 radical (unpaired) electrons. The van der Waals surface area contributed by atoms with Crippen molar-refractivity contribution in [3.63, 3.8) is 0 Å². The molecule has 0 aliphatic rings. The third kappa shape index (κ3) is 3.48. The number of hydrogen-bond acceptors (Lipinski definition) is 3. The number of hydrogen-bond donors (Lipinski definition) is 1. The average molecular weight is 274 g/mol. The quantitative estimate of drug-likeness (QED) is 0.837. The van der Waals surface area contributed by atoms with Gasteiger partial charge >= 0.3 is 0 Å². The molecule has 1 rings (SSSR count). The maximum absolute atomic E-state index is 5.09. The Kier molecular flexibility index (Phi) is 5.08. The van der Waals surface area contributed by atoms with E-state index in [1.54, 1.807) is 14.2 Å². The van der Waals surface area contributed by atoms with Crippen LogP contribution in [-0.2, 0) is 9.47 Å². The molecule has 84 valence electrons. The van der Waals surface area contributed by atoms with Gasteiger partial charge in [-0.15, -0.1) is 0 Å². The van der Waals surface area contributed by atoms with Gasteiger partial charge in [-0.2, -0.15) is 0 Å². The van der Waals surface area contributed by atoms with Gasteiger partial charge < -0.3 is 14.8 Å². The molecule has 0 bridgehead atoms. The van der Waals surface area contributed by atoms with Crippen molar-refractivity contribution < 1.29 is 9.47 Å². The SMILES string of the molecule is COC(CNc1cccc(Br)c1C)OC. The predicted molar refractivity (Wildman–Crippen MR) is 65.2 cm³/mol. The van der Waals surface area contributed by atoms with Gasteiger partial charge in [-0.3, -0.25) is 0 Å². The zero-order valence-electron chi connectivity index (χ0n) is 9.21. The van der Waals surface area contributed by atoms with Crippen LogP contribution in [0.2, 0.25) is 0 Å². The lowest BCUT2D eigenvalue weighted by molar-refractivity contribution is -0.0914. The summed E-state index contributed by atoms with van der Waals surface area (Å²) in [6, 6.07) is 6.04. The molecule has 0 unspecified atom stereocenters. The highest BCUT2D eigenvalue weighted by molar-refractivity contribution is 9.10. The van der Waals surface area contributed by atoms with E-state index in [2.05, 4.69) is 28.2 Å². The minimum absolute atomic E-state index is 0.219. The summed E-state index contributed by atoms with van der Waals surface area (Å²) in [5.74, 6) is 0. The van der Waals surface area contributed by atoms with Crippen LogP contribution in [0, 0.1) is 6.92 Å². The number of nitrogens with one attached hydrogen (secondary N) is 1. The van der Waals surface area contributed by atoms with Gasteiger partial charge in [0, 0.05) is 24.4 Å². The summed E-state index contributed by atoms with van der Waals surface area (Å²) in [6.45, 7) is 2.69. The second-order valence-electron chi connectivity index (χ2n) is 3.19. The van der Waals surface area contributed by atoms with Crippen molar-refractivity contribution in [2.45, 2.75) is 13.2 Å². The largest absolute Gasteiger partial charge is 0.380 e. The van der Waals surface area contributed by atoms with Gasteiger partial charge in [0.25, 0.3) is 0 Å². The minimum atomic E-state index is -0.219. The number of ether oxygens (including phenoxy) is 2. The maximum Gasteiger partial charge on any atom is 0.173 e. The van der Waals surface area contributed by atoms with Crippen LogP contribution in [0.15, 0.2) is 22.7 Å². The van der Waals surface area contributed by atoms with Crippen LogP contribution in [0.3, 0.4) is 0 Å². The van der Waals surface area contributed by atoms with Crippen LogP contribution >= 0.6 is 15.9 Å². The summed E-state index contributed by atoms with van der Waals surface area (Å²) in [4.78, 5) is 0. The van der Waals surface area contributed by atoms with E-state index in [4.69, 9.17) is 9.47 Å². The van der Waals surface area contributed by atoms with Crippen molar-refractivity contribution in [3.8, 4) is 0 Å². The Morgan fingerprint density at radius 2 is 2.00 bits per heavy atom. The van der Waals surface area contributed by atoms with Crippen molar-refractivity contribution in [3.05, 3.63) is 28.2 Å². The molecule has 4 heteroatoms. The normalized spacial score (nSPS) is 10.7. The molecule has 0 aromatic heterocycles. The topological polar surface area (TPSA) is 30.5 Å². The van der Waals surface area contributed by atoms with E-state index in [1.807, 2.05) is 18.2 Å². The molecule has 0 heterocycles. The molecule has 0 spiro atoms. The Hall–Kier alpha value is -0.580. The summed E-state index contributed by atoms with van der Waals surface area (Å²) in [6.07, 6.45) is -0.219. The second kappa shape index (κ2) is 6.10. The monoisotopic (exact) mass is 273 g/mol. The fraction of sp³-hybridized carbons (Fsp3) is 0.455. The highest BCUT2D eigenvalue weighted by Crippen LogP contribution is 2.23. The Morgan fingerprint density at radius 3 is 2.60 bits per heavy atom. The first-order valence-corrected chi connectivity index (χ1v) is 5.53. The zero-order chi connectivity index (χ0) is 11.3. The Labute approximate surface area is 98.9 Å². The van der Waals surface area contributed by atoms with Gasteiger partial charge in [-0.25, -0.2) is 0 Å². The number of rotatable bonds is 5. The first kappa shape index (κ1) is 12.5. The summed E-state index contributed by atoms with van der Waals surface area (Å²) < 4.78 is 11.3. The molecule has 1 aromatic rings. The van der Waals surface area contributed by atoms with Crippen LogP contribution in [-0.4, -0.2) is 27.1 Å². The van der Waals surface area contributed by atoms with Crippen LogP contribution in [0.1, 0.15) is 5.56 Å². The number of halogens is 1. The first-order chi connectivity index (χ1) is 7.19. The van der Waals surface area contributed by atoms with Gasteiger partial charge in [0.2, 0.25) is 0 Å². The van der Waals surface area contributed by atoms with Crippen molar-refractivity contribution in [1.82, 2.24) is 0 Å². The van der Waals surface area contributed by atoms with Gasteiger partial charge in [0.15, 0.2) is 6.29 Å². The standard InChI is InChI=1S/C11H16BrNO2/c1-8-9(12)5-4-6-10(8)13-7-11(14-2)15-3/h4-6,11,13H,7H2,1-3H3. The Bertz CT molecular complexity index is 313. The molecular weight excluding hydrogens is 258 g/mol. The molecule has 0 fully saturated rings. The summed E-state index contributed by atoms with van der Waals surface area (Å²) in [5, 5.41) is 3.28. The van der Waals surface area contributed by atoms with E-state index in [0.29, 0.717) is 6.54 Å². The lowest BCUT2D eigenvalue weighted by Gasteiger charge is -2.16. The molecular formula is C11H16BrNO2. The zero-order valence-corrected chi connectivity index (χ0v) is 10.8. The molecule has 1 N–H and O–H groups in total. The molecule has 3 nitrogen and oxygen atoms in total. The summed E-state index contributed by atoms with van der Waals surface area (Å²) >= 11 is 3.48. The van der Waals surface area contributed by atoms with E-state index in [0.717, 1.165) is 10.2 Å². The van der Waals surface area contributed by atoms with E-state index in [9.17, 15) is 0 Å². The van der Waals surface area contributed by atoms with Crippen LogP contribution in [0.25, 0.3) is 0 Å². The van der Waals surface area contributed by atoms with E-state index in [-0.39, 0.29) is 6.29 Å².